The molecule has 3 aromatic heterocycles. The molecule has 4 aromatic rings. The van der Waals surface area contributed by atoms with Crippen LogP contribution < -0.4 is 5.32 Å². The van der Waals surface area contributed by atoms with Gasteiger partial charge in [-0.05, 0) is 94.9 Å². The van der Waals surface area contributed by atoms with E-state index in [2.05, 4.69) is 49.6 Å². The van der Waals surface area contributed by atoms with Gasteiger partial charge in [-0.3, -0.25) is 14.6 Å². The quantitative estimate of drug-likeness (QED) is 0.285. The topological polar surface area (TPSA) is 117 Å². The minimum atomic E-state index is -0.366. The van der Waals surface area contributed by atoms with Crippen LogP contribution in [0.15, 0.2) is 36.5 Å². The first-order valence-electron chi connectivity index (χ1n) is 13.3. The second-order valence-electron chi connectivity index (χ2n) is 10.9. The highest BCUT2D eigenvalue weighted by Crippen LogP contribution is 2.54. The molecule has 2 aliphatic rings. The van der Waals surface area contributed by atoms with Crippen LogP contribution in [0.4, 0.5) is 5.69 Å². The highest BCUT2D eigenvalue weighted by molar-refractivity contribution is 5.96. The Labute approximate surface area is 216 Å². The molecular weight excluding hydrogens is 464 g/mol. The molecule has 1 amide bonds. The summed E-state index contributed by atoms with van der Waals surface area (Å²) in [6.45, 7) is 8.18. The number of H-pyrrole nitrogens is 2. The molecule has 0 unspecified atom stereocenters. The van der Waals surface area contributed by atoms with Crippen molar-refractivity contribution in [3.05, 3.63) is 53.7 Å². The van der Waals surface area contributed by atoms with Gasteiger partial charge in [-0.2, -0.15) is 10.2 Å². The average molecular weight is 499 g/mol. The number of rotatable bonds is 9. The molecule has 2 saturated carbocycles. The maximum Gasteiger partial charge on any atom is 0.235 e. The fourth-order valence-electron chi connectivity index (χ4n) is 5.73. The van der Waals surface area contributed by atoms with E-state index in [1.165, 1.54) is 25.7 Å². The SMILES string of the molecule is Cc1n[nH]c(C)c1-c1ccc(NC(=O)[C@@H](c2nnc(-c3ccnn3C(C)C)[nH]2)C(C2CC2)C2CC2)cc1. The van der Waals surface area contributed by atoms with Gasteiger partial charge in [0.1, 0.15) is 17.4 Å². The number of aryl methyl sites for hydroxylation is 2. The minimum Gasteiger partial charge on any atom is -0.325 e. The van der Waals surface area contributed by atoms with Crippen LogP contribution >= 0.6 is 0 Å². The van der Waals surface area contributed by atoms with Crippen LogP contribution in [-0.2, 0) is 4.79 Å². The van der Waals surface area contributed by atoms with Crippen molar-refractivity contribution in [2.45, 2.75) is 65.3 Å². The third-order valence-electron chi connectivity index (χ3n) is 7.77. The standard InChI is InChI=1S/C28H34N8O/c1-15(2)36-22(13-14-29-36)26-31-27(35-34-26)25(24(19-5-6-19)20-7-8-20)28(37)30-21-11-9-18(10-12-21)23-16(3)32-33-17(23)4/h9-15,19-20,24-25H,5-8H2,1-4H3,(H,30,37)(H,32,33)(H,31,34,35)/t25-/m1/s1. The molecule has 0 saturated heterocycles. The van der Waals surface area contributed by atoms with Crippen molar-refractivity contribution >= 4 is 11.6 Å². The van der Waals surface area contributed by atoms with Gasteiger partial charge in [0.25, 0.3) is 0 Å². The number of aromatic amines is 2. The van der Waals surface area contributed by atoms with Crippen LogP contribution in [0.1, 0.15) is 68.7 Å². The van der Waals surface area contributed by atoms with Crippen LogP contribution in [0.3, 0.4) is 0 Å². The van der Waals surface area contributed by atoms with E-state index in [-0.39, 0.29) is 23.8 Å². The van der Waals surface area contributed by atoms with Gasteiger partial charge in [0.15, 0.2) is 5.82 Å². The summed E-state index contributed by atoms with van der Waals surface area (Å²) in [7, 11) is 0. The first kappa shape index (κ1) is 23.6. The van der Waals surface area contributed by atoms with Crippen LogP contribution in [0.25, 0.3) is 22.6 Å². The van der Waals surface area contributed by atoms with Gasteiger partial charge in [0.05, 0.1) is 5.69 Å². The molecular formula is C28H34N8O. The summed E-state index contributed by atoms with van der Waals surface area (Å²) in [5.41, 5.74) is 5.84. The lowest BCUT2D eigenvalue weighted by molar-refractivity contribution is -0.119. The Bertz CT molecular complexity index is 1370. The first-order valence-corrected chi connectivity index (χ1v) is 13.3. The number of hydrogen-bond donors (Lipinski definition) is 3. The van der Waals surface area contributed by atoms with Gasteiger partial charge in [0, 0.05) is 29.2 Å². The smallest absolute Gasteiger partial charge is 0.235 e. The monoisotopic (exact) mass is 498 g/mol. The van der Waals surface area contributed by atoms with Crippen molar-refractivity contribution in [2.75, 3.05) is 5.32 Å². The highest BCUT2D eigenvalue weighted by Gasteiger charge is 2.49. The van der Waals surface area contributed by atoms with Crippen molar-refractivity contribution < 1.29 is 4.79 Å². The van der Waals surface area contributed by atoms with Gasteiger partial charge >= 0.3 is 0 Å². The molecule has 2 aliphatic carbocycles. The van der Waals surface area contributed by atoms with Crippen LogP contribution in [0.2, 0.25) is 0 Å². The Hall–Kier alpha value is -3.75. The second-order valence-corrected chi connectivity index (χ2v) is 10.9. The van der Waals surface area contributed by atoms with Crippen LogP contribution in [0, 0.1) is 31.6 Å². The number of aromatic nitrogens is 7. The van der Waals surface area contributed by atoms with Gasteiger partial charge in [-0.15, -0.1) is 10.2 Å². The predicted molar refractivity (Wildman–Crippen MR) is 142 cm³/mol. The molecule has 1 aromatic carbocycles. The number of hydrogen-bond acceptors (Lipinski definition) is 5. The summed E-state index contributed by atoms with van der Waals surface area (Å²) in [6, 6.07) is 10.1. The fourth-order valence-corrected chi connectivity index (χ4v) is 5.73. The van der Waals surface area contributed by atoms with Gasteiger partial charge in [-0.25, -0.2) is 0 Å². The lowest BCUT2D eigenvalue weighted by Gasteiger charge is -2.24. The molecule has 3 N–H and O–H groups in total. The molecule has 2 fully saturated rings. The molecule has 9 heteroatoms. The third-order valence-corrected chi connectivity index (χ3v) is 7.77. The van der Waals surface area contributed by atoms with Gasteiger partial charge in [-0.1, -0.05) is 12.1 Å². The molecule has 3 heterocycles. The summed E-state index contributed by atoms with van der Waals surface area (Å²) in [4.78, 5) is 17.3. The Morgan fingerprint density at radius 1 is 1.03 bits per heavy atom. The molecule has 0 aliphatic heterocycles. The summed E-state index contributed by atoms with van der Waals surface area (Å²) in [5.74, 6) is 2.35. The van der Waals surface area contributed by atoms with Crippen molar-refractivity contribution in [1.82, 2.24) is 35.2 Å². The predicted octanol–water partition coefficient (Wildman–Crippen LogP) is 5.41. The molecule has 37 heavy (non-hydrogen) atoms. The summed E-state index contributed by atoms with van der Waals surface area (Å²) in [5, 5.41) is 23.9. The molecule has 192 valence electrons. The van der Waals surface area contributed by atoms with Crippen LogP contribution in [0.5, 0.6) is 0 Å². The molecule has 0 bridgehead atoms. The first-order chi connectivity index (χ1) is 17.9. The van der Waals surface area contributed by atoms with E-state index in [9.17, 15) is 4.79 Å². The Balaban J connectivity index is 1.29. The van der Waals surface area contributed by atoms with Crippen LogP contribution in [-0.4, -0.2) is 41.1 Å². The van der Waals surface area contributed by atoms with E-state index in [0.29, 0.717) is 23.5 Å². The number of amides is 1. The Morgan fingerprint density at radius 2 is 1.73 bits per heavy atom. The fraction of sp³-hybridized carbons (Fsp3) is 0.464. The van der Waals surface area contributed by atoms with E-state index in [4.69, 9.17) is 0 Å². The zero-order chi connectivity index (χ0) is 25.7. The van der Waals surface area contributed by atoms with E-state index in [0.717, 1.165) is 33.9 Å². The number of anilines is 1. The number of nitrogens with zero attached hydrogens (tertiary/aromatic N) is 5. The zero-order valence-electron chi connectivity index (χ0n) is 21.8. The van der Waals surface area contributed by atoms with Gasteiger partial charge < -0.3 is 10.3 Å². The third kappa shape index (κ3) is 4.58. The van der Waals surface area contributed by atoms with Gasteiger partial charge in [0.2, 0.25) is 5.91 Å². The number of nitrogens with one attached hydrogen (secondary N) is 3. The number of benzene rings is 1. The maximum atomic E-state index is 13.9. The van der Waals surface area contributed by atoms with Crippen molar-refractivity contribution in [3.63, 3.8) is 0 Å². The summed E-state index contributed by atoms with van der Waals surface area (Å²) in [6.07, 6.45) is 6.51. The average Bonchev–Trinajstić information content (AvgIpc) is 3.76. The highest BCUT2D eigenvalue weighted by atomic mass is 16.2. The Morgan fingerprint density at radius 3 is 2.32 bits per heavy atom. The van der Waals surface area contributed by atoms with E-state index >= 15 is 0 Å². The van der Waals surface area contributed by atoms with Crippen molar-refractivity contribution in [2.24, 2.45) is 17.8 Å². The molecule has 0 radical (unpaired) electrons. The minimum absolute atomic E-state index is 0.0210. The second kappa shape index (κ2) is 9.28. The van der Waals surface area contributed by atoms with E-state index < -0.39 is 0 Å². The number of carbonyl (C=O) groups is 1. The zero-order valence-corrected chi connectivity index (χ0v) is 21.8. The van der Waals surface area contributed by atoms with Crippen molar-refractivity contribution in [3.8, 4) is 22.6 Å². The molecule has 6 rings (SSSR count). The molecule has 1 atom stereocenters. The Kier molecular flexibility index (Phi) is 5.93. The maximum absolute atomic E-state index is 13.9. The molecule has 0 spiro atoms. The molecule has 9 nitrogen and oxygen atoms in total. The summed E-state index contributed by atoms with van der Waals surface area (Å²) < 4.78 is 1.92. The van der Waals surface area contributed by atoms with Crippen molar-refractivity contribution in [1.29, 1.82) is 0 Å². The number of carbonyl (C=O) groups excluding carboxylic acids is 1. The van der Waals surface area contributed by atoms with E-state index in [1.54, 1.807) is 6.20 Å². The largest absolute Gasteiger partial charge is 0.325 e. The van der Waals surface area contributed by atoms with E-state index in [1.807, 2.05) is 48.9 Å². The lowest BCUT2D eigenvalue weighted by atomic mass is 9.82. The summed E-state index contributed by atoms with van der Waals surface area (Å²) >= 11 is 0. The normalized spacial score (nSPS) is 16.5. The lowest BCUT2D eigenvalue weighted by Crippen LogP contribution is -2.31.